The standard InChI is InChI=1S/C10H10N2O2S/c1-12(2)7-6-4-3-5-11-9(6)15-8(7)10(13)14/h3-5H,1-2H3,(H,13,14). The third-order valence-electron chi connectivity index (χ3n) is 2.08. The summed E-state index contributed by atoms with van der Waals surface area (Å²) in [5, 5.41) is 9.96. The molecule has 0 unspecified atom stereocenters. The Labute approximate surface area is 90.8 Å². The van der Waals surface area contributed by atoms with Crippen molar-refractivity contribution in [3.63, 3.8) is 0 Å². The summed E-state index contributed by atoms with van der Waals surface area (Å²) < 4.78 is 0. The summed E-state index contributed by atoms with van der Waals surface area (Å²) in [6, 6.07) is 3.70. The van der Waals surface area contributed by atoms with Crippen LogP contribution in [0.15, 0.2) is 18.3 Å². The van der Waals surface area contributed by atoms with Crippen LogP contribution >= 0.6 is 11.3 Å². The molecule has 0 amide bonds. The molecule has 0 atom stereocenters. The number of hydrogen-bond donors (Lipinski definition) is 1. The van der Waals surface area contributed by atoms with Crippen LogP contribution in [0.25, 0.3) is 10.2 Å². The van der Waals surface area contributed by atoms with E-state index in [2.05, 4.69) is 4.98 Å². The number of fused-ring (bicyclic) bond motifs is 1. The topological polar surface area (TPSA) is 53.4 Å². The molecule has 0 aliphatic rings. The molecule has 4 nitrogen and oxygen atoms in total. The summed E-state index contributed by atoms with van der Waals surface area (Å²) in [5.41, 5.74) is 0.732. The minimum Gasteiger partial charge on any atom is -0.477 e. The summed E-state index contributed by atoms with van der Waals surface area (Å²) in [6.45, 7) is 0. The second kappa shape index (κ2) is 3.51. The average Bonchev–Trinajstić information content (AvgIpc) is 2.56. The lowest BCUT2D eigenvalue weighted by molar-refractivity contribution is 0.0703. The molecule has 1 N–H and O–H groups in total. The molecule has 0 fully saturated rings. The maximum absolute atomic E-state index is 11.1. The van der Waals surface area contributed by atoms with Gasteiger partial charge < -0.3 is 10.0 Å². The molecule has 0 bridgehead atoms. The first-order valence-corrected chi connectivity index (χ1v) is 5.21. The maximum Gasteiger partial charge on any atom is 0.348 e. The Morgan fingerprint density at radius 1 is 1.53 bits per heavy atom. The number of thiophene rings is 1. The lowest BCUT2D eigenvalue weighted by Gasteiger charge is -2.11. The number of anilines is 1. The van der Waals surface area contributed by atoms with Crippen LogP contribution in [-0.4, -0.2) is 30.2 Å². The summed E-state index contributed by atoms with van der Waals surface area (Å²) in [4.78, 5) is 18.1. The number of carbonyl (C=O) groups is 1. The van der Waals surface area contributed by atoms with Gasteiger partial charge in [0.25, 0.3) is 0 Å². The van der Waals surface area contributed by atoms with Gasteiger partial charge in [-0.1, -0.05) is 0 Å². The van der Waals surface area contributed by atoms with Crippen LogP contribution in [0, 0.1) is 0 Å². The van der Waals surface area contributed by atoms with Crippen molar-refractivity contribution in [2.24, 2.45) is 0 Å². The van der Waals surface area contributed by atoms with Crippen LogP contribution in [0.5, 0.6) is 0 Å². The Kier molecular flexibility index (Phi) is 2.32. The van der Waals surface area contributed by atoms with Crippen molar-refractivity contribution >= 4 is 33.2 Å². The van der Waals surface area contributed by atoms with Crippen molar-refractivity contribution in [3.05, 3.63) is 23.2 Å². The number of rotatable bonds is 2. The third-order valence-corrected chi connectivity index (χ3v) is 3.17. The Morgan fingerprint density at radius 3 is 2.87 bits per heavy atom. The Hall–Kier alpha value is -1.62. The fourth-order valence-electron chi connectivity index (χ4n) is 1.51. The van der Waals surface area contributed by atoms with E-state index in [-0.39, 0.29) is 0 Å². The summed E-state index contributed by atoms with van der Waals surface area (Å²) in [6.07, 6.45) is 1.67. The number of aromatic carboxylic acids is 1. The van der Waals surface area contributed by atoms with E-state index in [1.165, 1.54) is 11.3 Å². The minimum atomic E-state index is -0.901. The van der Waals surface area contributed by atoms with Crippen molar-refractivity contribution in [3.8, 4) is 0 Å². The zero-order chi connectivity index (χ0) is 11.0. The number of hydrogen-bond acceptors (Lipinski definition) is 4. The molecule has 2 aromatic heterocycles. The number of carboxylic acid groups (broad SMARTS) is 1. The van der Waals surface area contributed by atoms with E-state index < -0.39 is 5.97 Å². The molecule has 2 aromatic rings. The van der Waals surface area contributed by atoms with Gasteiger partial charge >= 0.3 is 5.97 Å². The van der Waals surface area contributed by atoms with E-state index in [1.54, 1.807) is 6.20 Å². The highest BCUT2D eigenvalue weighted by Crippen LogP contribution is 2.35. The first-order valence-electron chi connectivity index (χ1n) is 4.39. The highest BCUT2D eigenvalue weighted by Gasteiger charge is 2.19. The number of pyridine rings is 1. The first kappa shape index (κ1) is 9.92. The van der Waals surface area contributed by atoms with Crippen molar-refractivity contribution in [2.45, 2.75) is 0 Å². The SMILES string of the molecule is CN(C)c1c(C(=O)O)sc2ncccc12. The Balaban J connectivity index is 2.80. The fraction of sp³-hybridized carbons (Fsp3) is 0.200. The monoisotopic (exact) mass is 222 g/mol. The number of carboxylic acids is 1. The molecule has 5 heteroatoms. The molecule has 0 saturated carbocycles. The van der Waals surface area contributed by atoms with E-state index in [0.29, 0.717) is 4.88 Å². The number of aromatic nitrogens is 1. The van der Waals surface area contributed by atoms with Gasteiger partial charge in [-0.3, -0.25) is 0 Å². The van der Waals surface area contributed by atoms with Crippen molar-refractivity contribution in [1.82, 2.24) is 4.98 Å². The lowest BCUT2D eigenvalue weighted by Crippen LogP contribution is -2.11. The van der Waals surface area contributed by atoms with Gasteiger partial charge in [0.2, 0.25) is 0 Å². The van der Waals surface area contributed by atoms with Crippen molar-refractivity contribution < 1.29 is 9.90 Å². The lowest BCUT2D eigenvalue weighted by atomic mass is 10.2. The molecule has 78 valence electrons. The predicted octanol–water partition coefficient (Wildman–Crippen LogP) is 2.06. The maximum atomic E-state index is 11.1. The third kappa shape index (κ3) is 1.55. The minimum absolute atomic E-state index is 0.341. The molecular weight excluding hydrogens is 212 g/mol. The van der Waals surface area contributed by atoms with Gasteiger partial charge in [-0.05, 0) is 12.1 Å². The molecule has 0 aliphatic carbocycles. The van der Waals surface area contributed by atoms with E-state index in [9.17, 15) is 4.79 Å². The van der Waals surface area contributed by atoms with E-state index in [4.69, 9.17) is 5.11 Å². The highest BCUT2D eigenvalue weighted by molar-refractivity contribution is 7.21. The van der Waals surface area contributed by atoms with Crippen LogP contribution in [0.4, 0.5) is 5.69 Å². The molecule has 2 heterocycles. The van der Waals surface area contributed by atoms with Gasteiger partial charge in [0.05, 0.1) is 5.69 Å². The quantitative estimate of drug-likeness (QED) is 0.845. The van der Waals surface area contributed by atoms with Crippen LogP contribution < -0.4 is 4.90 Å². The second-order valence-corrected chi connectivity index (χ2v) is 4.33. The second-order valence-electron chi connectivity index (χ2n) is 3.34. The van der Waals surface area contributed by atoms with E-state index in [0.717, 1.165) is 15.9 Å². The van der Waals surface area contributed by atoms with Crippen LogP contribution in [0.3, 0.4) is 0 Å². The average molecular weight is 222 g/mol. The van der Waals surface area contributed by atoms with Gasteiger partial charge in [-0.2, -0.15) is 0 Å². The van der Waals surface area contributed by atoms with E-state index >= 15 is 0 Å². The van der Waals surface area contributed by atoms with Gasteiger partial charge in [-0.15, -0.1) is 11.3 Å². The van der Waals surface area contributed by atoms with Crippen LogP contribution in [0.2, 0.25) is 0 Å². The zero-order valence-electron chi connectivity index (χ0n) is 8.39. The van der Waals surface area contributed by atoms with Gasteiger partial charge in [0.15, 0.2) is 0 Å². The van der Waals surface area contributed by atoms with Gasteiger partial charge in [-0.25, -0.2) is 9.78 Å². The largest absolute Gasteiger partial charge is 0.477 e. The smallest absolute Gasteiger partial charge is 0.348 e. The van der Waals surface area contributed by atoms with Gasteiger partial charge in [0.1, 0.15) is 9.71 Å². The summed E-state index contributed by atoms with van der Waals surface area (Å²) >= 11 is 1.21. The van der Waals surface area contributed by atoms with Gasteiger partial charge in [0, 0.05) is 25.7 Å². The summed E-state index contributed by atoms with van der Waals surface area (Å²) in [7, 11) is 3.67. The Morgan fingerprint density at radius 2 is 2.27 bits per heavy atom. The zero-order valence-corrected chi connectivity index (χ0v) is 9.21. The summed E-state index contributed by atoms with van der Waals surface area (Å²) in [5.74, 6) is -0.901. The van der Waals surface area contributed by atoms with Crippen LogP contribution in [0.1, 0.15) is 9.67 Å². The molecular formula is C10H10N2O2S. The molecule has 0 radical (unpaired) electrons. The predicted molar refractivity (Wildman–Crippen MR) is 60.9 cm³/mol. The van der Waals surface area contributed by atoms with Crippen LogP contribution in [-0.2, 0) is 0 Å². The molecule has 15 heavy (non-hydrogen) atoms. The highest BCUT2D eigenvalue weighted by atomic mass is 32.1. The van der Waals surface area contributed by atoms with Crippen molar-refractivity contribution in [1.29, 1.82) is 0 Å². The fourth-order valence-corrected chi connectivity index (χ4v) is 2.57. The molecule has 2 rings (SSSR count). The molecule has 0 aliphatic heterocycles. The molecule has 0 spiro atoms. The first-order chi connectivity index (χ1) is 7.11. The molecule has 0 aromatic carbocycles. The van der Waals surface area contributed by atoms with Crippen molar-refractivity contribution in [2.75, 3.05) is 19.0 Å². The molecule has 0 saturated heterocycles. The van der Waals surface area contributed by atoms with E-state index in [1.807, 2.05) is 31.1 Å². The Bertz CT molecular complexity index is 519. The normalized spacial score (nSPS) is 10.5. The number of nitrogens with zero attached hydrogens (tertiary/aromatic N) is 2.